The van der Waals surface area contributed by atoms with Gasteiger partial charge in [0, 0.05) is 6.42 Å². The number of ketones is 1. The van der Waals surface area contributed by atoms with Crippen LogP contribution in [0.2, 0.25) is 0 Å². The Balaban J connectivity index is 3.05. The predicted molar refractivity (Wildman–Crippen MR) is 63.3 cm³/mol. The van der Waals surface area contributed by atoms with Crippen molar-refractivity contribution in [1.82, 2.24) is 0 Å². The van der Waals surface area contributed by atoms with Gasteiger partial charge >= 0.3 is 6.18 Å². The van der Waals surface area contributed by atoms with Crippen molar-refractivity contribution in [3.8, 4) is 0 Å². The van der Waals surface area contributed by atoms with Gasteiger partial charge in [-0.25, -0.2) is 0 Å². The quantitative estimate of drug-likeness (QED) is 0.774. The number of carbonyl (C=O) groups is 1. The van der Waals surface area contributed by atoms with Crippen LogP contribution in [0, 0.1) is 0 Å². The number of hydrogen-bond acceptors (Lipinski definition) is 1. The Morgan fingerprint density at radius 2 is 2.00 bits per heavy atom. The first-order valence-electron chi connectivity index (χ1n) is 5.15. The van der Waals surface area contributed by atoms with Gasteiger partial charge in [0.15, 0.2) is 0 Å². The van der Waals surface area contributed by atoms with Gasteiger partial charge in [-0.15, -0.1) is 0 Å². The van der Waals surface area contributed by atoms with Gasteiger partial charge in [-0.05, 0) is 23.6 Å². The summed E-state index contributed by atoms with van der Waals surface area (Å²) >= 11 is 3.02. The standard InChI is InChI=1S/C12H12BrF3O/c1-2-9-5-8(6-10(17)7-13)3-4-11(9)12(14,15)16/h3-5H,2,6-7H2,1H3. The third-order valence-corrected chi connectivity index (χ3v) is 3.03. The van der Waals surface area contributed by atoms with Crippen molar-refractivity contribution in [2.24, 2.45) is 0 Å². The Morgan fingerprint density at radius 1 is 1.35 bits per heavy atom. The molecule has 0 unspecified atom stereocenters. The summed E-state index contributed by atoms with van der Waals surface area (Å²) in [5.74, 6) is -0.0492. The van der Waals surface area contributed by atoms with Crippen LogP contribution in [0.1, 0.15) is 23.6 Å². The Bertz CT molecular complexity index is 413. The van der Waals surface area contributed by atoms with Crippen molar-refractivity contribution in [2.75, 3.05) is 5.33 Å². The maximum Gasteiger partial charge on any atom is 0.416 e. The Hall–Kier alpha value is -0.840. The van der Waals surface area contributed by atoms with E-state index in [4.69, 9.17) is 0 Å². The maximum atomic E-state index is 12.6. The zero-order valence-electron chi connectivity index (χ0n) is 9.27. The molecule has 0 aliphatic rings. The van der Waals surface area contributed by atoms with Crippen LogP contribution in [0.4, 0.5) is 13.2 Å². The fourth-order valence-electron chi connectivity index (χ4n) is 1.60. The van der Waals surface area contributed by atoms with Crippen molar-refractivity contribution < 1.29 is 18.0 Å². The lowest BCUT2D eigenvalue weighted by atomic mass is 9.99. The molecule has 1 rings (SSSR count). The van der Waals surface area contributed by atoms with Crippen LogP contribution in [0.25, 0.3) is 0 Å². The Labute approximate surface area is 106 Å². The van der Waals surface area contributed by atoms with Gasteiger partial charge in [-0.2, -0.15) is 13.2 Å². The lowest BCUT2D eigenvalue weighted by Gasteiger charge is -2.13. The fourth-order valence-corrected chi connectivity index (χ4v) is 1.80. The molecule has 0 radical (unpaired) electrons. The molecule has 17 heavy (non-hydrogen) atoms. The largest absolute Gasteiger partial charge is 0.416 e. The molecule has 0 aliphatic carbocycles. The van der Waals surface area contributed by atoms with Gasteiger partial charge in [0.2, 0.25) is 0 Å². The third-order valence-electron chi connectivity index (χ3n) is 2.41. The van der Waals surface area contributed by atoms with Gasteiger partial charge in [-0.3, -0.25) is 4.79 Å². The summed E-state index contributed by atoms with van der Waals surface area (Å²) in [6.45, 7) is 1.67. The van der Waals surface area contributed by atoms with Crippen LogP contribution in [-0.2, 0) is 23.8 Å². The molecule has 0 amide bonds. The molecule has 0 spiro atoms. The van der Waals surface area contributed by atoms with E-state index < -0.39 is 11.7 Å². The minimum absolute atomic E-state index is 0.0492. The second kappa shape index (κ2) is 5.67. The molecule has 1 nitrogen and oxygen atoms in total. The molecule has 0 N–H and O–H groups in total. The van der Waals surface area contributed by atoms with E-state index in [9.17, 15) is 18.0 Å². The van der Waals surface area contributed by atoms with E-state index in [1.807, 2.05) is 0 Å². The Morgan fingerprint density at radius 3 is 2.47 bits per heavy atom. The van der Waals surface area contributed by atoms with Gasteiger partial charge in [0.1, 0.15) is 5.78 Å². The van der Waals surface area contributed by atoms with Crippen molar-refractivity contribution >= 4 is 21.7 Å². The van der Waals surface area contributed by atoms with Crippen LogP contribution in [0.5, 0.6) is 0 Å². The molecule has 0 fully saturated rings. The molecule has 0 atom stereocenters. The number of carbonyl (C=O) groups excluding carboxylic acids is 1. The van der Waals surface area contributed by atoms with Crippen molar-refractivity contribution in [3.05, 3.63) is 34.9 Å². The second-order valence-corrected chi connectivity index (χ2v) is 4.25. The van der Waals surface area contributed by atoms with Crippen LogP contribution < -0.4 is 0 Å². The lowest BCUT2D eigenvalue weighted by molar-refractivity contribution is -0.138. The van der Waals surface area contributed by atoms with E-state index >= 15 is 0 Å². The molecule has 0 saturated carbocycles. The number of halogens is 4. The van der Waals surface area contributed by atoms with E-state index in [1.54, 1.807) is 6.92 Å². The van der Waals surface area contributed by atoms with E-state index in [0.717, 1.165) is 6.07 Å². The maximum absolute atomic E-state index is 12.6. The summed E-state index contributed by atoms with van der Waals surface area (Å²) < 4.78 is 37.9. The summed E-state index contributed by atoms with van der Waals surface area (Å²) in [5.41, 5.74) is 0.242. The molecular formula is C12H12BrF3O. The molecule has 1 aromatic rings. The molecule has 94 valence electrons. The SMILES string of the molecule is CCc1cc(CC(=O)CBr)ccc1C(F)(F)F. The lowest BCUT2D eigenvalue weighted by Crippen LogP contribution is -2.10. The van der Waals surface area contributed by atoms with E-state index in [-0.39, 0.29) is 23.1 Å². The third kappa shape index (κ3) is 3.84. The first-order chi connectivity index (χ1) is 7.88. The zero-order valence-corrected chi connectivity index (χ0v) is 10.9. The second-order valence-electron chi connectivity index (χ2n) is 3.69. The average molecular weight is 309 g/mol. The average Bonchev–Trinajstić information content (AvgIpc) is 2.27. The van der Waals surface area contributed by atoms with Crippen molar-refractivity contribution in [3.63, 3.8) is 0 Å². The predicted octanol–water partition coefficient (Wildman–Crippen LogP) is 3.77. The molecule has 0 bridgehead atoms. The van der Waals surface area contributed by atoms with Crippen LogP contribution in [-0.4, -0.2) is 11.1 Å². The number of alkyl halides is 4. The number of rotatable bonds is 4. The number of hydrogen-bond donors (Lipinski definition) is 0. The zero-order chi connectivity index (χ0) is 13.1. The van der Waals surface area contributed by atoms with Crippen LogP contribution >= 0.6 is 15.9 Å². The van der Waals surface area contributed by atoms with E-state index in [2.05, 4.69) is 15.9 Å². The monoisotopic (exact) mass is 308 g/mol. The normalized spacial score (nSPS) is 11.6. The van der Waals surface area contributed by atoms with Crippen LogP contribution in [0.15, 0.2) is 18.2 Å². The number of benzene rings is 1. The topological polar surface area (TPSA) is 17.1 Å². The first-order valence-corrected chi connectivity index (χ1v) is 6.27. The highest BCUT2D eigenvalue weighted by Gasteiger charge is 2.32. The van der Waals surface area contributed by atoms with Gasteiger partial charge < -0.3 is 0 Å². The van der Waals surface area contributed by atoms with Gasteiger partial charge in [-0.1, -0.05) is 35.0 Å². The fraction of sp³-hybridized carbons (Fsp3) is 0.417. The summed E-state index contributed by atoms with van der Waals surface area (Å²) in [6.07, 6.45) is -3.87. The Kier molecular flexibility index (Phi) is 4.74. The smallest absolute Gasteiger partial charge is 0.298 e. The van der Waals surface area contributed by atoms with Gasteiger partial charge in [0.05, 0.1) is 10.9 Å². The minimum atomic E-state index is -4.33. The summed E-state index contributed by atoms with van der Waals surface area (Å²) in [6, 6.07) is 3.88. The molecular weight excluding hydrogens is 297 g/mol. The number of aryl methyl sites for hydroxylation is 1. The summed E-state index contributed by atoms with van der Waals surface area (Å²) in [7, 11) is 0. The minimum Gasteiger partial charge on any atom is -0.298 e. The molecule has 0 heterocycles. The van der Waals surface area contributed by atoms with E-state index in [1.165, 1.54) is 12.1 Å². The molecule has 0 saturated heterocycles. The highest BCUT2D eigenvalue weighted by Crippen LogP contribution is 2.32. The molecule has 1 aromatic carbocycles. The van der Waals surface area contributed by atoms with E-state index in [0.29, 0.717) is 12.0 Å². The molecule has 0 aliphatic heterocycles. The summed E-state index contributed by atoms with van der Waals surface area (Å²) in [5, 5.41) is 0.218. The summed E-state index contributed by atoms with van der Waals surface area (Å²) in [4.78, 5) is 11.2. The first kappa shape index (κ1) is 14.2. The molecule has 0 aromatic heterocycles. The van der Waals surface area contributed by atoms with Gasteiger partial charge in [0.25, 0.3) is 0 Å². The van der Waals surface area contributed by atoms with Crippen molar-refractivity contribution in [2.45, 2.75) is 25.9 Å². The molecule has 5 heteroatoms. The van der Waals surface area contributed by atoms with Crippen LogP contribution in [0.3, 0.4) is 0 Å². The highest BCUT2D eigenvalue weighted by molar-refractivity contribution is 9.09. The van der Waals surface area contributed by atoms with Crippen molar-refractivity contribution in [1.29, 1.82) is 0 Å². The number of Topliss-reactive ketones (excluding diaryl/α,β-unsaturated/α-hetero) is 1. The highest BCUT2D eigenvalue weighted by atomic mass is 79.9.